The third-order valence-electron chi connectivity index (χ3n) is 3.08. The molecule has 2 aromatic heterocycles. The summed E-state index contributed by atoms with van der Waals surface area (Å²) in [6.07, 6.45) is 13.5. The lowest BCUT2D eigenvalue weighted by molar-refractivity contribution is 0.0969. The largest absolute Gasteiger partial charge is 0.333 e. The van der Waals surface area contributed by atoms with E-state index < -0.39 is 0 Å². The van der Waals surface area contributed by atoms with Gasteiger partial charge in [-0.3, -0.25) is 9.36 Å². The highest BCUT2D eigenvalue weighted by Gasteiger charge is 1.98. The summed E-state index contributed by atoms with van der Waals surface area (Å²) in [6.45, 7) is 0.790. The molecule has 104 valence electrons. The SMILES string of the molecule is O=C(/C=C/c1ccc(Cn2ccnc2)cc1)n1ccnc1. The van der Waals surface area contributed by atoms with E-state index in [4.69, 9.17) is 0 Å². The highest BCUT2D eigenvalue weighted by molar-refractivity contribution is 5.93. The Labute approximate surface area is 122 Å². The van der Waals surface area contributed by atoms with Crippen LogP contribution in [0.4, 0.5) is 0 Å². The minimum Gasteiger partial charge on any atom is -0.333 e. The van der Waals surface area contributed by atoms with Gasteiger partial charge in [-0.1, -0.05) is 24.3 Å². The Bertz CT molecular complexity index is 725. The van der Waals surface area contributed by atoms with Gasteiger partial charge in [-0.15, -0.1) is 0 Å². The van der Waals surface area contributed by atoms with Gasteiger partial charge in [0, 0.05) is 37.4 Å². The second-order valence-electron chi connectivity index (χ2n) is 4.62. The lowest BCUT2D eigenvalue weighted by atomic mass is 10.1. The van der Waals surface area contributed by atoms with Crippen molar-refractivity contribution in [2.45, 2.75) is 6.54 Å². The number of hydrogen-bond acceptors (Lipinski definition) is 3. The molecular weight excluding hydrogens is 264 g/mol. The fraction of sp³-hybridized carbons (Fsp3) is 0.0625. The fourth-order valence-corrected chi connectivity index (χ4v) is 1.97. The summed E-state index contributed by atoms with van der Waals surface area (Å²) in [5, 5.41) is 0. The summed E-state index contributed by atoms with van der Waals surface area (Å²) in [6, 6.07) is 8.07. The average molecular weight is 278 g/mol. The molecule has 5 heteroatoms. The van der Waals surface area contributed by atoms with Crippen LogP contribution in [0.25, 0.3) is 6.08 Å². The molecule has 0 amide bonds. The van der Waals surface area contributed by atoms with E-state index >= 15 is 0 Å². The third kappa shape index (κ3) is 3.33. The van der Waals surface area contributed by atoms with Crippen LogP contribution in [0.15, 0.2) is 67.8 Å². The zero-order chi connectivity index (χ0) is 14.5. The zero-order valence-electron chi connectivity index (χ0n) is 11.3. The van der Waals surface area contributed by atoms with Crippen LogP contribution in [0, 0.1) is 0 Å². The van der Waals surface area contributed by atoms with Gasteiger partial charge < -0.3 is 4.57 Å². The van der Waals surface area contributed by atoms with Crippen molar-refractivity contribution >= 4 is 12.0 Å². The first-order valence-corrected chi connectivity index (χ1v) is 6.56. The highest BCUT2D eigenvalue weighted by Crippen LogP contribution is 2.08. The molecule has 1 aromatic carbocycles. The standard InChI is InChI=1S/C16H14N4O/c21-16(20-10-8-18-13-20)6-5-14-1-3-15(4-2-14)11-19-9-7-17-12-19/h1-10,12-13H,11H2/b6-5+. The number of allylic oxidation sites excluding steroid dienone is 1. The van der Waals surface area contributed by atoms with Crippen molar-refractivity contribution in [2.75, 3.05) is 0 Å². The Morgan fingerprint density at radius 1 is 1.05 bits per heavy atom. The molecule has 0 radical (unpaired) electrons. The Morgan fingerprint density at radius 2 is 1.81 bits per heavy atom. The number of hydrogen-bond donors (Lipinski definition) is 0. The molecule has 3 aromatic rings. The van der Waals surface area contributed by atoms with Crippen molar-refractivity contribution < 1.29 is 4.79 Å². The van der Waals surface area contributed by atoms with Gasteiger partial charge in [0.25, 0.3) is 5.91 Å². The molecule has 5 nitrogen and oxygen atoms in total. The minimum atomic E-state index is -0.116. The maximum Gasteiger partial charge on any atom is 0.255 e. The van der Waals surface area contributed by atoms with Crippen LogP contribution < -0.4 is 0 Å². The van der Waals surface area contributed by atoms with E-state index in [1.165, 1.54) is 22.5 Å². The van der Waals surface area contributed by atoms with E-state index in [2.05, 4.69) is 9.97 Å². The molecule has 0 aliphatic heterocycles. The van der Waals surface area contributed by atoms with Crippen molar-refractivity contribution in [3.8, 4) is 0 Å². The molecule has 0 saturated carbocycles. The molecule has 0 bridgehead atoms. The maximum atomic E-state index is 11.8. The molecule has 0 aliphatic carbocycles. The topological polar surface area (TPSA) is 52.7 Å². The van der Waals surface area contributed by atoms with Crippen molar-refractivity contribution in [3.63, 3.8) is 0 Å². The number of carbonyl (C=O) groups excluding carboxylic acids is 1. The van der Waals surface area contributed by atoms with E-state index in [9.17, 15) is 4.79 Å². The molecule has 0 aliphatic rings. The van der Waals surface area contributed by atoms with Gasteiger partial charge in [0.1, 0.15) is 6.33 Å². The summed E-state index contributed by atoms with van der Waals surface area (Å²) in [7, 11) is 0. The van der Waals surface area contributed by atoms with Crippen LogP contribution >= 0.6 is 0 Å². The first kappa shape index (κ1) is 13.1. The summed E-state index contributed by atoms with van der Waals surface area (Å²) in [5.41, 5.74) is 2.17. The first-order chi connectivity index (χ1) is 10.3. The predicted molar refractivity (Wildman–Crippen MR) is 79.7 cm³/mol. The second-order valence-corrected chi connectivity index (χ2v) is 4.62. The fourth-order valence-electron chi connectivity index (χ4n) is 1.97. The number of carbonyl (C=O) groups is 1. The Balaban J connectivity index is 1.65. The highest BCUT2D eigenvalue weighted by atomic mass is 16.1. The van der Waals surface area contributed by atoms with Crippen LogP contribution in [-0.4, -0.2) is 25.0 Å². The van der Waals surface area contributed by atoms with Crippen LogP contribution in [0.5, 0.6) is 0 Å². The van der Waals surface area contributed by atoms with E-state index in [-0.39, 0.29) is 5.91 Å². The average Bonchev–Trinajstić information content (AvgIpc) is 3.19. The number of rotatable bonds is 4. The maximum absolute atomic E-state index is 11.8. The summed E-state index contributed by atoms with van der Waals surface area (Å²) < 4.78 is 3.44. The van der Waals surface area contributed by atoms with Crippen LogP contribution in [0.1, 0.15) is 15.9 Å². The Kier molecular flexibility index (Phi) is 3.73. The predicted octanol–water partition coefficient (Wildman–Crippen LogP) is 2.48. The van der Waals surface area contributed by atoms with Gasteiger partial charge in [-0.2, -0.15) is 0 Å². The monoisotopic (exact) mass is 278 g/mol. The number of imidazole rings is 2. The van der Waals surface area contributed by atoms with E-state index in [0.717, 1.165) is 12.1 Å². The van der Waals surface area contributed by atoms with Gasteiger partial charge in [0.05, 0.1) is 6.33 Å². The van der Waals surface area contributed by atoms with Crippen molar-refractivity contribution in [1.29, 1.82) is 0 Å². The number of nitrogens with zero attached hydrogens (tertiary/aromatic N) is 4. The van der Waals surface area contributed by atoms with E-state index in [1.807, 2.05) is 35.0 Å². The quantitative estimate of drug-likeness (QED) is 0.689. The van der Waals surface area contributed by atoms with Gasteiger partial charge in [0.15, 0.2) is 0 Å². The molecule has 21 heavy (non-hydrogen) atoms. The first-order valence-electron chi connectivity index (χ1n) is 6.56. The Hall–Kier alpha value is -2.95. The van der Waals surface area contributed by atoms with Crippen molar-refractivity contribution in [2.24, 2.45) is 0 Å². The van der Waals surface area contributed by atoms with E-state index in [0.29, 0.717) is 0 Å². The van der Waals surface area contributed by atoms with Crippen LogP contribution in [0.3, 0.4) is 0 Å². The molecule has 0 spiro atoms. The lowest BCUT2D eigenvalue weighted by Crippen LogP contribution is -2.03. The molecule has 0 saturated heterocycles. The molecule has 3 rings (SSSR count). The normalized spacial score (nSPS) is 11.0. The van der Waals surface area contributed by atoms with E-state index in [1.54, 1.807) is 31.0 Å². The van der Waals surface area contributed by atoms with Crippen LogP contribution in [0.2, 0.25) is 0 Å². The Morgan fingerprint density at radius 3 is 2.48 bits per heavy atom. The van der Waals surface area contributed by atoms with Crippen molar-refractivity contribution in [3.05, 3.63) is 78.9 Å². The summed E-state index contributed by atoms with van der Waals surface area (Å²) in [5.74, 6) is -0.116. The van der Waals surface area contributed by atoms with Gasteiger partial charge in [0.2, 0.25) is 0 Å². The zero-order valence-corrected chi connectivity index (χ0v) is 11.3. The summed E-state index contributed by atoms with van der Waals surface area (Å²) >= 11 is 0. The second kappa shape index (κ2) is 6.00. The van der Waals surface area contributed by atoms with Gasteiger partial charge in [-0.25, -0.2) is 9.97 Å². The lowest BCUT2D eigenvalue weighted by Gasteiger charge is -2.02. The number of benzene rings is 1. The molecule has 0 atom stereocenters. The third-order valence-corrected chi connectivity index (χ3v) is 3.08. The molecule has 0 unspecified atom stereocenters. The molecule has 2 heterocycles. The van der Waals surface area contributed by atoms with Gasteiger partial charge >= 0.3 is 0 Å². The smallest absolute Gasteiger partial charge is 0.255 e. The van der Waals surface area contributed by atoms with Crippen molar-refractivity contribution in [1.82, 2.24) is 19.1 Å². The number of aromatic nitrogens is 4. The molecule has 0 N–H and O–H groups in total. The molecule has 0 fully saturated rings. The molecular formula is C16H14N4O. The van der Waals surface area contributed by atoms with Gasteiger partial charge in [-0.05, 0) is 17.2 Å². The summed E-state index contributed by atoms with van der Waals surface area (Å²) in [4.78, 5) is 19.6. The van der Waals surface area contributed by atoms with Crippen LogP contribution in [-0.2, 0) is 6.54 Å². The minimum absolute atomic E-state index is 0.116.